The van der Waals surface area contributed by atoms with Crippen molar-refractivity contribution in [1.29, 1.82) is 0 Å². The Hall–Kier alpha value is -4.26. The number of hydrogen-bond donors (Lipinski definition) is 1. The second-order valence-corrected chi connectivity index (χ2v) is 7.14. The molecule has 3 aromatic carbocycles. The van der Waals surface area contributed by atoms with Crippen LogP contribution in [0.3, 0.4) is 0 Å². The molecule has 0 aliphatic heterocycles. The summed E-state index contributed by atoms with van der Waals surface area (Å²) in [5, 5.41) is 6.94. The van der Waals surface area contributed by atoms with Crippen LogP contribution >= 0.6 is 0 Å². The molecule has 0 bridgehead atoms. The highest BCUT2D eigenvalue weighted by Gasteiger charge is 2.13. The molecular weight excluding hydrogens is 393 g/mol. The van der Waals surface area contributed by atoms with Crippen LogP contribution in [-0.4, -0.2) is 25.2 Å². The van der Waals surface area contributed by atoms with Gasteiger partial charge in [0.2, 0.25) is 0 Å². The van der Waals surface area contributed by atoms with Gasteiger partial charge in [0, 0.05) is 24.5 Å². The average Bonchev–Trinajstić information content (AvgIpc) is 3.40. The third-order valence-corrected chi connectivity index (χ3v) is 5.13. The lowest BCUT2D eigenvalue weighted by Crippen LogP contribution is -2.11. The first kappa shape index (κ1) is 18.7. The number of hydrogen-bond acceptors (Lipinski definition) is 3. The molecule has 5 aromatic rings. The Bertz CT molecular complexity index is 1400. The Morgan fingerprint density at radius 3 is 2.48 bits per heavy atom. The maximum absolute atomic E-state index is 13.9. The fourth-order valence-corrected chi connectivity index (χ4v) is 3.52. The molecule has 1 N–H and O–H groups in total. The van der Waals surface area contributed by atoms with Crippen LogP contribution in [0.15, 0.2) is 85.2 Å². The normalized spacial score (nSPS) is 11.0. The SMILES string of the molecule is Cn1c(-c2ccc(NC(=O)c3cnn(-c4ccccc4F)c3)cc2)nc2ccccc21. The number of aryl methyl sites for hydroxylation is 1. The lowest BCUT2D eigenvalue weighted by molar-refractivity contribution is 0.102. The van der Waals surface area contributed by atoms with E-state index >= 15 is 0 Å². The molecule has 0 unspecified atom stereocenters. The minimum absolute atomic E-state index is 0.286. The zero-order valence-electron chi connectivity index (χ0n) is 16.7. The Kier molecular flexibility index (Phi) is 4.55. The second kappa shape index (κ2) is 7.53. The van der Waals surface area contributed by atoms with Crippen molar-refractivity contribution in [3.05, 3.63) is 96.6 Å². The molecule has 2 aromatic heterocycles. The summed E-state index contributed by atoms with van der Waals surface area (Å²) in [6.45, 7) is 0. The number of nitrogens with zero attached hydrogens (tertiary/aromatic N) is 4. The van der Waals surface area contributed by atoms with Crippen LogP contribution in [0.5, 0.6) is 0 Å². The van der Waals surface area contributed by atoms with Crippen molar-refractivity contribution < 1.29 is 9.18 Å². The molecule has 0 aliphatic carbocycles. The summed E-state index contributed by atoms with van der Waals surface area (Å²) < 4.78 is 17.3. The molecule has 31 heavy (non-hydrogen) atoms. The fraction of sp³-hybridized carbons (Fsp3) is 0.0417. The van der Waals surface area contributed by atoms with Gasteiger partial charge in [-0.1, -0.05) is 24.3 Å². The van der Waals surface area contributed by atoms with Crippen molar-refractivity contribution in [2.45, 2.75) is 0 Å². The molecule has 1 amide bonds. The lowest BCUT2D eigenvalue weighted by Gasteiger charge is -2.06. The van der Waals surface area contributed by atoms with Gasteiger partial charge in [0.15, 0.2) is 0 Å². The van der Waals surface area contributed by atoms with Crippen molar-refractivity contribution in [3.63, 3.8) is 0 Å². The highest BCUT2D eigenvalue weighted by Crippen LogP contribution is 2.25. The van der Waals surface area contributed by atoms with Crippen LogP contribution in [-0.2, 0) is 7.05 Å². The first-order valence-electron chi connectivity index (χ1n) is 9.73. The van der Waals surface area contributed by atoms with E-state index in [2.05, 4.69) is 10.4 Å². The molecular formula is C24H18FN5O. The van der Waals surface area contributed by atoms with Crippen LogP contribution in [0.1, 0.15) is 10.4 Å². The molecule has 0 saturated carbocycles. The minimum atomic E-state index is -0.407. The van der Waals surface area contributed by atoms with Gasteiger partial charge < -0.3 is 9.88 Å². The molecule has 0 aliphatic rings. The van der Waals surface area contributed by atoms with Crippen LogP contribution in [0, 0.1) is 5.82 Å². The second-order valence-electron chi connectivity index (χ2n) is 7.14. The van der Waals surface area contributed by atoms with Gasteiger partial charge in [-0.15, -0.1) is 0 Å². The van der Waals surface area contributed by atoms with E-state index in [1.165, 1.54) is 23.1 Å². The quantitative estimate of drug-likeness (QED) is 0.461. The number of halogens is 1. The van der Waals surface area contributed by atoms with Gasteiger partial charge >= 0.3 is 0 Å². The van der Waals surface area contributed by atoms with E-state index in [0.29, 0.717) is 11.3 Å². The van der Waals surface area contributed by atoms with Crippen molar-refractivity contribution in [2.24, 2.45) is 7.05 Å². The molecule has 0 fully saturated rings. The molecule has 0 spiro atoms. The number of amides is 1. The van der Waals surface area contributed by atoms with E-state index in [4.69, 9.17) is 4.98 Å². The van der Waals surface area contributed by atoms with Gasteiger partial charge in [0.05, 0.1) is 22.8 Å². The molecule has 0 atom stereocenters. The predicted octanol–water partition coefficient (Wildman–Crippen LogP) is 4.82. The lowest BCUT2D eigenvalue weighted by atomic mass is 10.2. The highest BCUT2D eigenvalue weighted by atomic mass is 19.1. The molecule has 5 rings (SSSR count). The van der Waals surface area contributed by atoms with E-state index in [-0.39, 0.29) is 11.6 Å². The molecule has 2 heterocycles. The van der Waals surface area contributed by atoms with Crippen LogP contribution < -0.4 is 5.32 Å². The monoisotopic (exact) mass is 411 g/mol. The van der Waals surface area contributed by atoms with Gasteiger partial charge in [-0.2, -0.15) is 5.10 Å². The standard InChI is InChI=1S/C24H18FN5O/c1-29-22-9-5-3-7-20(22)28-23(29)16-10-12-18(13-11-16)27-24(31)17-14-26-30(15-17)21-8-4-2-6-19(21)25/h2-15H,1H3,(H,27,31). The van der Waals surface area contributed by atoms with Gasteiger partial charge in [-0.3, -0.25) is 4.79 Å². The van der Waals surface area contributed by atoms with Gasteiger partial charge in [-0.25, -0.2) is 14.1 Å². The van der Waals surface area contributed by atoms with Gasteiger partial charge in [-0.05, 0) is 48.5 Å². The summed E-state index contributed by atoms with van der Waals surface area (Å²) in [4.78, 5) is 17.3. The number of rotatable bonds is 4. The molecule has 0 saturated heterocycles. The number of fused-ring (bicyclic) bond motifs is 1. The van der Waals surface area contributed by atoms with Crippen LogP contribution in [0.2, 0.25) is 0 Å². The Balaban J connectivity index is 1.35. The first-order chi connectivity index (χ1) is 15.1. The summed E-state index contributed by atoms with van der Waals surface area (Å²) in [5.74, 6) is 0.124. The fourth-order valence-electron chi connectivity index (χ4n) is 3.52. The summed E-state index contributed by atoms with van der Waals surface area (Å²) in [6, 6.07) is 21.7. The Morgan fingerprint density at radius 1 is 0.968 bits per heavy atom. The first-order valence-corrected chi connectivity index (χ1v) is 9.73. The van der Waals surface area contributed by atoms with Crippen molar-refractivity contribution in [1.82, 2.24) is 19.3 Å². The number of carbonyl (C=O) groups excluding carboxylic acids is 1. The predicted molar refractivity (Wildman–Crippen MR) is 118 cm³/mol. The average molecular weight is 411 g/mol. The zero-order chi connectivity index (χ0) is 21.4. The summed E-state index contributed by atoms with van der Waals surface area (Å²) in [5.41, 5.74) is 4.21. The number of nitrogens with one attached hydrogen (secondary N) is 1. The Labute approximate surface area is 177 Å². The smallest absolute Gasteiger partial charge is 0.258 e. The number of imidazole rings is 1. The Morgan fingerprint density at radius 2 is 1.71 bits per heavy atom. The van der Waals surface area contributed by atoms with E-state index < -0.39 is 5.82 Å². The number of para-hydroxylation sites is 3. The van der Waals surface area contributed by atoms with E-state index in [1.54, 1.807) is 18.2 Å². The van der Waals surface area contributed by atoms with Crippen molar-refractivity contribution in [2.75, 3.05) is 5.32 Å². The maximum atomic E-state index is 13.9. The molecule has 7 heteroatoms. The summed E-state index contributed by atoms with van der Waals surface area (Å²) in [7, 11) is 1.98. The molecule has 0 radical (unpaired) electrons. The van der Waals surface area contributed by atoms with Gasteiger partial charge in [0.1, 0.15) is 17.3 Å². The van der Waals surface area contributed by atoms with Gasteiger partial charge in [0.25, 0.3) is 5.91 Å². The minimum Gasteiger partial charge on any atom is -0.327 e. The number of carbonyl (C=O) groups is 1. The zero-order valence-corrected chi connectivity index (χ0v) is 16.7. The number of anilines is 1. The topological polar surface area (TPSA) is 64.7 Å². The van der Waals surface area contributed by atoms with Crippen molar-refractivity contribution in [3.8, 4) is 17.1 Å². The molecule has 152 valence electrons. The number of benzene rings is 3. The third kappa shape index (κ3) is 3.46. The van der Waals surface area contributed by atoms with Crippen LogP contribution in [0.25, 0.3) is 28.1 Å². The van der Waals surface area contributed by atoms with Crippen molar-refractivity contribution >= 4 is 22.6 Å². The van der Waals surface area contributed by atoms with E-state index in [0.717, 1.165) is 22.4 Å². The third-order valence-electron chi connectivity index (χ3n) is 5.13. The molecule has 6 nitrogen and oxygen atoms in total. The number of aromatic nitrogens is 4. The van der Waals surface area contributed by atoms with E-state index in [9.17, 15) is 9.18 Å². The van der Waals surface area contributed by atoms with Crippen LogP contribution in [0.4, 0.5) is 10.1 Å². The summed E-state index contributed by atoms with van der Waals surface area (Å²) in [6.07, 6.45) is 2.91. The highest BCUT2D eigenvalue weighted by molar-refractivity contribution is 6.04. The summed E-state index contributed by atoms with van der Waals surface area (Å²) >= 11 is 0. The maximum Gasteiger partial charge on any atom is 0.258 e. The van der Waals surface area contributed by atoms with E-state index in [1.807, 2.05) is 60.1 Å². The largest absolute Gasteiger partial charge is 0.327 e.